The van der Waals surface area contributed by atoms with Crippen molar-refractivity contribution in [1.29, 1.82) is 0 Å². The third-order valence-electron chi connectivity index (χ3n) is 4.27. The average molecular weight is 340 g/mol. The second kappa shape index (κ2) is 7.02. The molecule has 1 atom stereocenters. The van der Waals surface area contributed by atoms with Crippen LogP contribution in [-0.2, 0) is 0 Å². The van der Waals surface area contributed by atoms with E-state index in [0.717, 1.165) is 37.9 Å². The summed E-state index contributed by atoms with van der Waals surface area (Å²) in [7, 11) is 1.57. The molecule has 1 aliphatic rings. The van der Waals surface area contributed by atoms with Crippen LogP contribution in [0, 0.1) is 0 Å². The van der Waals surface area contributed by atoms with Crippen molar-refractivity contribution in [2.45, 2.75) is 25.4 Å². The lowest BCUT2D eigenvalue weighted by molar-refractivity contribution is 0.182. The van der Waals surface area contributed by atoms with E-state index in [0.29, 0.717) is 23.1 Å². The van der Waals surface area contributed by atoms with Crippen molar-refractivity contribution in [3.8, 4) is 23.1 Å². The molecule has 8 heteroatoms. The van der Waals surface area contributed by atoms with Gasteiger partial charge in [-0.3, -0.25) is 0 Å². The van der Waals surface area contributed by atoms with E-state index < -0.39 is 0 Å². The van der Waals surface area contributed by atoms with Gasteiger partial charge in [0.15, 0.2) is 0 Å². The van der Waals surface area contributed by atoms with Crippen molar-refractivity contribution in [3.05, 3.63) is 30.9 Å². The van der Waals surface area contributed by atoms with Gasteiger partial charge < -0.3 is 14.8 Å². The third kappa shape index (κ3) is 3.39. The minimum Gasteiger partial charge on any atom is -0.481 e. The average Bonchev–Trinajstić information content (AvgIpc) is 2.99. The Morgan fingerprint density at radius 1 is 1.20 bits per heavy atom. The molecule has 0 radical (unpaired) electrons. The molecule has 1 saturated heterocycles. The van der Waals surface area contributed by atoms with Crippen molar-refractivity contribution in [2.75, 3.05) is 20.2 Å². The number of nitrogens with zero attached hydrogens (tertiary/aromatic N) is 5. The van der Waals surface area contributed by atoms with Gasteiger partial charge >= 0.3 is 0 Å². The number of aromatic nitrogens is 5. The maximum absolute atomic E-state index is 6.24. The molecule has 3 aromatic rings. The third-order valence-corrected chi connectivity index (χ3v) is 4.27. The topological polar surface area (TPSA) is 86.5 Å². The molecule has 4 rings (SSSR count). The Morgan fingerprint density at radius 2 is 2.16 bits per heavy atom. The first kappa shape index (κ1) is 15.8. The smallest absolute Gasteiger partial charge is 0.241 e. The lowest BCUT2D eigenvalue weighted by atomic mass is 10.1. The molecule has 0 amide bonds. The van der Waals surface area contributed by atoms with E-state index in [1.165, 1.54) is 6.33 Å². The van der Waals surface area contributed by atoms with Crippen LogP contribution in [0.5, 0.6) is 11.8 Å². The summed E-state index contributed by atoms with van der Waals surface area (Å²) in [5, 5.41) is 7.73. The van der Waals surface area contributed by atoms with E-state index in [-0.39, 0.29) is 6.10 Å². The molecule has 0 spiro atoms. The Kier molecular flexibility index (Phi) is 4.43. The van der Waals surface area contributed by atoms with Crippen molar-refractivity contribution < 1.29 is 9.47 Å². The molecule has 3 aromatic heterocycles. The zero-order valence-corrected chi connectivity index (χ0v) is 14.1. The molecule has 4 heterocycles. The van der Waals surface area contributed by atoms with Gasteiger partial charge in [-0.1, -0.05) is 0 Å². The zero-order valence-electron chi connectivity index (χ0n) is 14.1. The van der Waals surface area contributed by atoms with Crippen LogP contribution >= 0.6 is 0 Å². The molecule has 1 N–H and O–H groups in total. The minimum absolute atomic E-state index is 0.149. The lowest BCUT2D eigenvalue weighted by Crippen LogP contribution is -2.20. The monoisotopic (exact) mass is 340 g/mol. The van der Waals surface area contributed by atoms with Crippen LogP contribution < -0.4 is 14.8 Å². The number of fused-ring (bicyclic) bond motifs is 1. The molecule has 0 bridgehead atoms. The molecule has 130 valence electrons. The van der Waals surface area contributed by atoms with E-state index in [4.69, 9.17) is 14.5 Å². The summed E-state index contributed by atoms with van der Waals surface area (Å²) in [6, 6.07) is 3.65. The first-order valence-corrected chi connectivity index (χ1v) is 8.41. The Morgan fingerprint density at radius 3 is 3.08 bits per heavy atom. The molecule has 8 nitrogen and oxygen atoms in total. The maximum Gasteiger partial charge on any atom is 0.241 e. The molecule has 1 fully saturated rings. The van der Waals surface area contributed by atoms with Gasteiger partial charge in [0, 0.05) is 6.07 Å². The summed E-state index contributed by atoms with van der Waals surface area (Å²) in [6.07, 6.45) is 8.26. The standard InChI is InChI=1S/C17H20N6O2/c1-24-16-9-13(19-11-20-16)14-10-23-15(5-8-21-23)17(22-14)25-12-3-2-6-18-7-4-12/h5,8-12,18H,2-4,6-7H2,1H3. The van der Waals surface area contributed by atoms with Crippen LogP contribution in [0.1, 0.15) is 19.3 Å². The van der Waals surface area contributed by atoms with Gasteiger partial charge in [0.2, 0.25) is 11.8 Å². The summed E-state index contributed by atoms with van der Waals surface area (Å²) in [5.41, 5.74) is 2.18. The number of hydrogen-bond donors (Lipinski definition) is 1. The lowest BCUT2D eigenvalue weighted by Gasteiger charge is -2.17. The van der Waals surface area contributed by atoms with Gasteiger partial charge in [0.1, 0.15) is 23.6 Å². The fraction of sp³-hybridized carbons (Fsp3) is 0.412. The van der Waals surface area contributed by atoms with Crippen molar-refractivity contribution >= 4 is 5.52 Å². The number of methoxy groups -OCH3 is 1. The molecule has 25 heavy (non-hydrogen) atoms. The normalized spacial score (nSPS) is 18.0. The summed E-state index contributed by atoms with van der Waals surface area (Å²) in [6.45, 7) is 2.00. The number of hydrogen-bond acceptors (Lipinski definition) is 7. The Labute approximate surface area is 145 Å². The highest BCUT2D eigenvalue weighted by Crippen LogP contribution is 2.26. The predicted octanol–water partition coefficient (Wildman–Crippen LogP) is 1.72. The summed E-state index contributed by atoms with van der Waals surface area (Å²) in [4.78, 5) is 13.0. The molecule has 0 aliphatic carbocycles. The van der Waals surface area contributed by atoms with E-state index in [1.54, 1.807) is 23.9 Å². The van der Waals surface area contributed by atoms with E-state index in [2.05, 4.69) is 20.4 Å². The minimum atomic E-state index is 0.149. The van der Waals surface area contributed by atoms with Gasteiger partial charge in [0.25, 0.3) is 0 Å². The van der Waals surface area contributed by atoms with Crippen LogP contribution in [0.4, 0.5) is 0 Å². The molecule has 0 aromatic carbocycles. The van der Waals surface area contributed by atoms with Crippen LogP contribution in [0.15, 0.2) is 30.9 Å². The van der Waals surface area contributed by atoms with Crippen LogP contribution in [0.3, 0.4) is 0 Å². The van der Waals surface area contributed by atoms with Gasteiger partial charge in [-0.25, -0.2) is 19.5 Å². The quantitative estimate of drug-likeness (QED) is 0.774. The zero-order chi connectivity index (χ0) is 17.1. The Bertz CT molecular complexity index is 857. The summed E-state index contributed by atoms with van der Waals surface area (Å²) in [5.74, 6) is 1.07. The highest BCUT2D eigenvalue weighted by molar-refractivity contribution is 5.62. The molecule has 0 saturated carbocycles. The van der Waals surface area contributed by atoms with Crippen molar-refractivity contribution in [1.82, 2.24) is 29.9 Å². The largest absolute Gasteiger partial charge is 0.481 e. The second-order valence-corrected chi connectivity index (χ2v) is 5.96. The number of rotatable bonds is 4. The van der Waals surface area contributed by atoms with Crippen LogP contribution in [0.25, 0.3) is 16.9 Å². The molecule has 1 aliphatic heterocycles. The highest BCUT2D eigenvalue weighted by atomic mass is 16.5. The van der Waals surface area contributed by atoms with Gasteiger partial charge in [-0.2, -0.15) is 5.10 Å². The van der Waals surface area contributed by atoms with Gasteiger partial charge in [0.05, 0.1) is 25.2 Å². The van der Waals surface area contributed by atoms with Gasteiger partial charge in [-0.15, -0.1) is 0 Å². The number of nitrogens with one attached hydrogen (secondary N) is 1. The van der Waals surface area contributed by atoms with Crippen molar-refractivity contribution in [2.24, 2.45) is 0 Å². The second-order valence-electron chi connectivity index (χ2n) is 5.96. The SMILES string of the molecule is COc1cc(-c2cn3nccc3c(OC3CCCNCC3)n2)ncn1. The van der Waals surface area contributed by atoms with E-state index in [9.17, 15) is 0 Å². The Hall–Kier alpha value is -2.74. The highest BCUT2D eigenvalue weighted by Gasteiger charge is 2.18. The molecular weight excluding hydrogens is 320 g/mol. The fourth-order valence-electron chi connectivity index (χ4n) is 2.96. The van der Waals surface area contributed by atoms with Crippen molar-refractivity contribution in [3.63, 3.8) is 0 Å². The summed E-state index contributed by atoms with van der Waals surface area (Å²) >= 11 is 0. The first-order valence-electron chi connectivity index (χ1n) is 8.41. The maximum atomic E-state index is 6.24. The fourth-order valence-corrected chi connectivity index (χ4v) is 2.96. The first-order chi connectivity index (χ1) is 12.3. The van der Waals surface area contributed by atoms with E-state index >= 15 is 0 Å². The summed E-state index contributed by atoms with van der Waals surface area (Å²) < 4.78 is 13.2. The van der Waals surface area contributed by atoms with Crippen LogP contribution in [-0.4, -0.2) is 50.9 Å². The molecular formula is C17H20N6O2. The number of ether oxygens (including phenoxy) is 2. The van der Waals surface area contributed by atoms with Crippen LogP contribution in [0.2, 0.25) is 0 Å². The molecule has 1 unspecified atom stereocenters. The predicted molar refractivity (Wildman–Crippen MR) is 91.7 cm³/mol. The van der Waals surface area contributed by atoms with E-state index in [1.807, 2.05) is 12.3 Å². The Balaban J connectivity index is 1.71. The van der Waals surface area contributed by atoms with Gasteiger partial charge in [-0.05, 0) is 38.4 Å².